The fourth-order valence-corrected chi connectivity index (χ4v) is 1.09. The Kier molecular flexibility index (Phi) is 5.72. The summed E-state index contributed by atoms with van der Waals surface area (Å²) in [6.07, 6.45) is 2.48. The first-order chi connectivity index (χ1) is 6.37. The van der Waals surface area contributed by atoms with Gasteiger partial charge >= 0.3 is 5.97 Å². The number of carboxylic acid groups (broad SMARTS) is 1. The fraction of sp³-hybridized carbons (Fsp3) is 0.900. The summed E-state index contributed by atoms with van der Waals surface area (Å²) in [5.74, 6) is -0.845. The van der Waals surface area contributed by atoms with Gasteiger partial charge in [-0.05, 0) is 20.3 Å². The summed E-state index contributed by atoms with van der Waals surface area (Å²) >= 11 is 0. The zero-order valence-corrected chi connectivity index (χ0v) is 9.21. The summed E-state index contributed by atoms with van der Waals surface area (Å²) in [5.41, 5.74) is -0.861. The highest BCUT2D eigenvalue weighted by atomic mass is 16.4. The number of carboxylic acids is 1. The second-order valence-electron chi connectivity index (χ2n) is 4.23. The Hall–Kier alpha value is -0.610. The van der Waals surface area contributed by atoms with Gasteiger partial charge < -0.3 is 15.5 Å². The maximum atomic E-state index is 10.8. The first kappa shape index (κ1) is 13.4. The van der Waals surface area contributed by atoms with Crippen LogP contribution in [0.2, 0.25) is 0 Å². The van der Waals surface area contributed by atoms with E-state index in [1.165, 1.54) is 0 Å². The quantitative estimate of drug-likeness (QED) is 0.577. The summed E-state index contributed by atoms with van der Waals surface area (Å²) in [6, 6.07) is -0.540. The molecule has 0 aromatic rings. The van der Waals surface area contributed by atoms with E-state index >= 15 is 0 Å². The van der Waals surface area contributed by atoms with Crippen molar-refractivity contribution in [3.63, 3.8) is 0 Å². The Morgan fingerprint density at radius 2 is 2.07 bits per heavy atom. The molecule has 0 aliphatic heterocycles. The molecule has 0 aliphatic carbocycles. The van der Waals surface area contributed by atoms with Crippen molar-refractivity contribution in [2.24, 2.45) is 0 Å². The Labute approximate surface area is 85.3 Å². The molecule has 14 heavy (non-hydrogen) atoms. The average Bonchev–Trinajstić information content (AvgIpc) is 2.01. The molecule has 3 N–H and O–H groups in total. The Morgan fingerprint density at radius 3 is 2.43 bits per heavy atom. The Balaban J connectivity index is 3.91. The zero-order chi connectivity index (χ0) is 11.2. The van der Waals surface area contributed by atoms with E-state index in [0.717, 1.165) is 12.8 Å². The van der Waals surface area contributed by atoms with Gasteiger partial charge in [-0.1, -0.05) is 19.8 Å². The van der Waals surface area contributed by atoms with Crippen LogP contribution in [0.3, 0.4) is 0 Å². The van der Waals surface area contributed by atoms with Crippen molar-refractivity contribution in [1.82, 2.24) is 5.32 Å². The standard InChI is InChI=1S/C10H21NO3/c1-4-5-6-8(9(12)13)11-7-10(2,3)14/h8,11,14H,4-7H2,1-3H3,(H,12,13). The molecule has 0 bridgehead atoms. The molecule has 0 radical (unpaired) electrons. The minimum atomic E-state index is -0.861. The van der Waals surface area contributed by atoms with Gasteiger partial charge in [-0.2, -0.15) is 0 Å². The molecule has 0 aromatic carbocycles. The number of hydrogen-bond acceptors (Lipinski definition) is 3. The lowest BCUT2D eigenvalue weighted by Gasteiger charge is -2.21. The third-order valence-corrected chi connectivity index (χ3v) is 1.93. The van der Waals surface area contributed by atoms with E-state index in [1.807, 2.05) is 6.92 Å². The summed E-state index contributed by atoms with van der Waals surface area (Å²) in [4.78, 5) is 10.8. The van der Waals surface area contributed by atoms with Crippen LogP contribution in [0, 0.1) is 0 Å². The van der Waals surface area contributed by atoms with Crippen molar-refractivity contribution in [2.45, 2.75) is 51.7 Å². The number of aliphatic carboxylic acids is 1. The van der Waals surface area contributed by atoms with Crippen molar-refractivity contribution < 1.29 is 15.0 Å². The maximum Gasteiger partial charge on any atom is 0.320 e. The molecule has 4 nitrogen and oxygen atoms in total. The molecule has 0 spiro atoms. The maximum absolute atomic E-state index is 10.8. The molecule has 1 unspecified atom stereocenters. The second kappa shape index (κ2) is 5.98. The summed E-state index contributed by atoms with van der Waals surface area (Å²) in [7, 11) is 0. The van der Waals surface area contributed by atoms with Gasteiger partial charge in [0.25, 0.3) is 0 Å². The molecule has 0 heterocycles. The molecule has 0 rings (SSSR count). The van der Waals surface area contributed by atoms with E-state index in [2.05, 4.69) is 5.32 Å². The minimum Gasteiger partial charge on any atom is -0.480 e. The van der Waals surface area contributed by atoms with Crippen LogP contribution in [0.5, 0.6) is 0 Å². The largest absolute Gasteiger partial charge is 0.480 e. The summed E-state index contributed by atoms with van der Waals surface area (Å²) in [6.45, 7) is 5.63. The molecule has 84 valence electrons. The highest BCUT2D eigenvalue weighted by Gasteiger charge is 2.20. The zero-order valence-electron chi connectivity index (χ0n) is 9.21. The molecule has 0 amide bonds. The van der Waals surface area contributed by atoms with Gasteiger partial charge in [-0.3, -0.25) is 4.79 Å². The third-order valence-electron chi connectivity index (χ3n) is 1.93. The number of nitrogens with one attached hydrogen (secondary N) is 1. The van der Waals surface area contributed by atoms with Crippen molar-refractivity contribution in [3.8, 4) is 0 Å². The number of rotatable bonds is 7. The van der Waals surface area contributed by atoms with Gasteiger partial charge in [0.15, 0.2) is 0 Å². The molecule has 0 aromatic heterocycles. The van der Waals surface area contributed by atoms with Crippen LogP contribution < -0.4 is 5.32 Å². The number of aliphatic hydroxyl groups is 1. The van der Waals surface area contributed by atoms with Crippen molar-refractivity contribution in [3.05, 3.63) is 0 Å². The SMILES string of the molecule is CCCCC(NCC(C)(C)O)C(=O)O. The van der Waals surface area contributed by atoms with Crippen LogP contribution in [0.1, 0.15) is 40.0 Å². The second-order valence-corrected chi connectivity index (χ2v) is 4.23. The van der Waals surface area contributed by atoms with Gasteiger partial charge in [0, 0.05) is 6.54 Å². The number of hydrogen-bond donors (Lipinski definition) is 3. The average molecular weight is 203 g/mol. The number of unbranched alkanes of at least 4 members (excludes halogenated alkanes) is 1. The Bertz CT molecular complexity index is 175. The van der Waals surface area contributed by atoms with E-state index in [1.54, 1.807) is 13.8 Å². The topological polar surface area (TPSA) is 69.6 Å². The normalized spacial score (nSPS) is 14.0. The first-order valence-corrected chi connectivity index (χ1v) is 5.05. The van der Waals surface area contributed by atoms with E-state index in [9.17, 15) is 9.90 Å². The van der Waals surface area contributed by atoms with Gasteiger partial charge in [0.05, 0.1) is 5.60 Å². The van der Waals surface area contributed by atoms with Gasteiger partial charge in [0.2, 0.25) is 0 Å². The van der Waals surface area contributed by atoms with Crippen molar-refractivity contribution >= 4 is 5.97 Å². The van der Waals surface area contributed by atoms with Crippen molar-refractivity contribution in [2.75, 3.05) is 6.54 Å². The lowest BCUT2D eigenvalue weighted by atomic mass is 10.1. The third kappa shape index (κ3) is 6.86. The smallest absolute Gasteiger partial charge is 0.320 e. The molecule has 1 atom stereocenters. The molecule has 0 fully saturated rings. The lowest BCUT2D eigenvalue weighted by Crippen LogP contribution is -2.44. The summed E-state index contributed by atoms with van der Waals surface area (Å²) < 4.78 is 0. The van der Waals surface area contributed by atoms with Crippen LogP contribution in [0.15, 0.2) is 0 Å². The number of carbonyl (C=O) groups is 1. The molecule has 0 saturated heterocycles. The van der Waals surface area contributed by atoms with E-state index in [4.69, 9.17) is 5.11 Å². The van der Waals surface area contributed by atoms with Crippen molar-refractivity contribution in [1.29, 1.82) is 0 Å². The molecule has 0 saturated carbocycles. The molecular formula is C10H21NO3. The molecular weight excluding hydrogens is 182 g/mol. The lowest BCUT2D eigenvalue weighted by molar-refractivity contribution is -0.139. The molecule has 0 aliphatic rings. The van der Waals surface area contributed by atoms with Gasteiger partial charge in [-0.25, -0.2) is 0 Å². The van der Waals surface area contributed by atoms with Gasteiger partial charge in [0.1, 0.15) is 6.04 Å². The van der Waals surface area contributed by atoms with Crippen LogP contribution in [0.4, 0.5) is 0 Å². The Morgan fingerprint density at radius 1 is 1.50 bits per heavy atom. The molecule has 4 heteroatoms. The van der Waals surface area contributed by atoms with E-state index in [0.29, 0.717) is 13.0 Å². The van der Waals surface area contributed by atoms with Crippen LogP contribution in [-0.4, -0.2) is 34.4 Å². The van der Waals surface area contributed by atoms with E-state index < -0.39 is 17.6 Å². The van der Waals surface area contributed by atoms with Crippen LogP contribution in [0.25, 0.3) is 0 Å². The highest BCUT2D eigenvalue weighted by molar-refractivity contribution is 5.73. The van der Waals surface area contributed by atoms with Crippen LogP contribution >= 0.6 is 0 Å². The predicted octanol–water partition coefficient (Wildman–Crippen LogP) is 0.990. The minimum absolute atomic E-state index is 0.299. The fourth-order valence-electron chi connectivity index (χ4n) is 1.09. The van der Waals surface area contributed by atoms with Crippen LogP contribution in [-0.2, 0) is 4.79 Å². The van der Waals surface area contributed by atoms with E-state index in [-0.39, 0.29) is 0 Å². The van der Waals surface area contributed by atoms with Gasteiger partial charge in [-0.15, -0.1) is 0 Å². The predicted molar refractivity (Wildman–Crippen MR) is 55.2 cm³/mol. The summed E-state index contributed by atoms with van der Waals surface area (Å²) in [5, 5.41) is 21.1. The first-order valence-electron chi connectivity index (χ1n) is 5.05. The highest BCUT2D eigenvalue weighted by Crippen LogP contribution is 2.04. The monoisotopic (exact) mass is 203 g/mol.